The fourth-order valence-corrected chi connectivity index (χ4v) is 0.924. The highest BCUT2D eigenvalue weighted by Crippen LogP contribution is 2.00. The summed E-state index contributed by atoms with van der Waals surface area (Å²) in [6, 6.07) is 0. The van der Waals surface area contributed by atoms with Crippen LogP contribution in [0.15, 0.2) is 21.7 Å². The van der Waals surface area contributed by atoms with Crippen molar-refractivity contribution < 1.29 is 23.5 Å². The van der Waals surface area contributed by atoms with Gasteiger partial charge >= 0.3 is 11.9 Å². The SMILES string of the molecule is COC(=O)c1cocc(C(=O)OC)c1=O. The van der Waals surface area contributed by atoms with E-state index in [2.05, 4.69) is 13.9 Å². The molecular formula is C9H8O6. The summed E-state index contributed by atoms with van der Waals surface area (Å²) < 4.78 is 13.3. The maximum absolute atomic E-state index is 11.5. The summed E-state index contributed by atoms with van der Waals surface area (Å²) in [6.45, 7) is 0. The van der Waals surface area contributed by atoms with Gasteiger partial charge in [0.15, 0.2) is 0 Å². The first-order valence-corrected chi connectivity index (χ1v) is 3.89. The Morgan fingerprint density at radius 3 is 1.80 bits per heavy atom. The lowest BCUT2D eigenvalue weighted by atomic mass is 10.2. The highest BCUT2D eigenvalue weighted by Gasteiger charge is 2.19. The Morgan fingerprint density at radius 2 is 1.47 bits per heavy atom. The fraction of sp³-hybridized carbons (Fsp3) is 0.222. The number of hydrogen-bond acceptors (Lipinski definition) is 6. The van der Waals surface area contributed by atoms with E-state index in [1.807, 2.05) is 0 Å². The lowest BCUT2D eigenvalue weighted by molar-refractivity contribution is 0.0590. The summed E-state index contributed by atoms with van der Waals surface area (Å²) in [5.74, 6) is -1.73. The van der Waals surface area contributed by atoms with Crippen molar-refractivity contribution in [2.75, 3.05) is 14.2 Å². The van der Waals surface area contributed by atoms with E-state index < -0.39 is 17.4 Å². The van der Waals surface area contributed by atoms with Crippen LogP contribution in [0.1, 0.15) is 20.7 Å². The molecule has 0 aromatic carbocycles. The van der Waals surface area contributed by atoms with E-state index >= 15 is 0 Å². The minimum atomic E-state index is -0.866. The van der Waals surface area contributed by atoms with E-state index in [1.54, 1.807) is 0 Å². The predicted octanol–water partition coefficient (Wildman–Crippen LogP) is 0.213. The molecule has 0 unspecified atom stereocenters. The summed E-state index contributed by atoms with van der Waals surface area (Å²) in [6.07, 6.45) is 1.83. The van der Waals surface area contributed by atoms with E-state index in [-0.39, 0.29) is 11.1 Å². The van der Waals surface area contributed by atoms with Crippen LogP contribution in [0.3, 0.4) is 0 Å². The standard InChI is InChI=1S/C9H8O6/c1-13-8(11)5-3-15-4-6(7(5)10)9(12)14-2/h3-4H,1-2H3. The number of methoxy groups -OCH3 is 2. The largest absolute Gasteiger partial charge is 0.471 e. The Balaban J connectivity index is 3.30. The molecule has 0 spiro atoms. The van der Waals surface area contributed by atoms with E-state index in [9.17, 15) is 14.4 Å². The monoisotopic (exact) mass is 212 g/mol. The van der Waals surface area contributed by atoms with Crippen molar-refractivity contribution >= 4 is 11.9 Å². The van der Waals surface area contributed by atoms with Gasteiger partial charge in [-0.15, -0.1) is 0 Å². The van der Waals surface area contributed by atoms with Crippen molar-refractivity contribution in [3.8, 4) is 0 Å². The van der Waals surface area contributed by atoms with Gasteiger partial charge in [-0.25, -0.2) is 9.59 Å². The van der Waals surface area contributed by atoms with Gasteiger partial charge in [-0.3, -0.25) is 4.79 Å². The van der Waals surface area contributed by atoms with Gasteiger partial charge in [-0.2, -0.15) is 0 Å². The zero-order chi connectivity index (χ0) is 11.4. The Morgan fingerprint density at radius 1 is 1.07 bits per heavy atom. The zero-order valence-corrected chi connectivity index (χ0v) is 8.10. The second-order valence-electron chi connectivity index (χ2n) is 2.51. The molecule has 0 aliphatic heterocycles. The summed E-state index contributed by atoms with van der Waals surface area (Å²) in [5.41, 5.74) is -1.47. The highest BCUT2D eigenvalue weighted by molar-refractivity contribution is 5.94. The number of carbonyl (C=O) groups excluding carboxylic acids is 2. The summed E-state index contributed by atoms with van der Waals surface area (Å²) >= 11 is 0. The molecule has 6 nitrogen and oxygen atoms in total. The van der Waals surface area contributed by atoms with Crippen molar-refractivity contribution in [1.29, 1.82) is 0 Å². The second kappa shape index (κ2) is 4.41. The van der Waals surface area contributed by atoms with Crippen LogP contribution < -0.4 is 5.43 Å². The average Bonchev–Trinajstić information content (AvgIpc) is 2.27. The van der Waals surface area contributed by atoms with Gasteiger partial charge in [-0.05, 0) is 0 Å². The third-order valence-electron chi connectivity index (χ3n) is 1.67. The van der Waals surface area contributed by atoms with Crippen LogP contribution in [0.25, 0.3) is 0 Å². The van der Waals surface area contributed by atoms with Crippen LogP contribution in [0.4, 0.5) is 0 Å². The smallest absolute Gasteiger partial charge is 0.345 e. The quantitative estimate of drug-likeness (QED) is 0.652. The molecular weight excluding hydrogens is 204 g/mol. The third-order valence-corrected chi connectivity index (χ3v) is 1.67. The molecule has 0 radical (unpaired) electrons. The van der Waals surface area contributed by atoms with E-state index in [1.165, 1.54) is 0 Å². The molecule has 0 saturated heterocycles. The normalized spacial score (nSPS) is 9.47. The van der Waals surface area contributed by atoms with Crippen LogP contribution >= 0.6 is 0 Å². The summed E-state index contributed by atoms with van der Waals surface area (Å²) in [7, 11) is 2.24. The van der Waals surface area contributed by atoms with Gasteiger partial charge in [-0.1, -0.05) is 0 Å². The van der Waals surface area contributed by atoms with Crippen LogP contribution in [-0.2, 0) is 9.47 Å². The van der Waals surface area contributed by atoms with Crippen LogP contribution in [-0.4, -0.2) is 26.2 Å². The van der Waals surface area contributed by atoms with Crippen molar-refractivity contribution in [2.24, 2.45) is 0 Å². The molecule has 0 bridgehead atoms. The van der Waals surface area contributed by atoms with Crippen molar-refractivity contribution in [2.45, 2.75) is 0 Å². The Kier molecular flexibility index (Phi) is 3.22. The number of rotatable bonds is 2. The molecule has 6 heteroatoms. The molecule has 0 aliphatic rings. The van der Waals surface area contributed by atoms with Gasteiger partial charge in [0.05, 0.1) is 14.2 Å². The molecule has 0 amide bonds. The van der Waals surface area contributed by atoms with Gasteiger partial charge < -0.3 is 13.9 Å². The van der Waals surface area contributed by atoms with Crippen molar-refractivity contribution in [3.63, 3.8) is 0 Å². The molecule has 0 aliphatic carbocycles. The highest BCUT2D eigenvalue weighted by atomic mass is 16.5. The molecule has 1 aromatic heterocycles. The average molecular weight is 212 g/mol. The molecule has 0 atom stereocenters. The maximum Gasteiger partial charge on any atom is 0.345 e. The Labute approximate surface area is 84.4 Å². The first-order chi connectivity index (χ1) is 7.11. The van der Waals surface area contributed by atoms with Crippen molar-refractivity contribution in [1.82, 2.24) is 0 Å². The van der Waals surface area contributed by atoms with E-state index in [0.717, 1.165) is 26.7 Å². The van der Waals surface area contributed by atoms with Crippen molar-refractivity contribution in [3.05, 3.63) is 33.9 Å². The first-order valence-electron chi connectivity index (χ1n) is 3.89. The molecule has 80 valence electrons. The van der Waals surface area contributed by atoms with Crippen LogP contribution in [0.2, 0.25) is 0 Å². The second-order valence-corrected chi connectivity index (χ2v) is 2.51. The fourth-order valence-electron chi connectivity index (χ4n) is 0.924. The summed E-state index contributed by atoms with van der Waals surface area (Å²) in [4.78, 5) is 33.6. The minimum absolute atomic E-state index is 0.347. The molecule has 1 rings (SSSR count). The summed E-state index contributed by atoms with van der Waals surface area (Å²) in [5, 5.41) is 0. The Bertz CT molecular complexity index is 407. The lowest BCUT2D eigenvalue weighted by Crippen LogP contribution is -2.22. The minimum Gasteiger partial charge on any atom is -0.471 e. The first kappa shape index (κ1) is 11.0. The van der Waals surface area contributed by atoms with Gasteiger partial charge in [0.25, 0.3) is 0 Å². The molecule has 0 fully saturated rings. The number of esters is 2. The van der Waals surface area contributed by atoms with E-state index in [0.29, 0.717) is 0 Å². The van der Waals surface area contributed by atoms with Crippen LogP contribution in [0, 0.1) is 0 Å². The number of hydrogen-bond donors (Lipinski definition) is 0. The number of ether oxygens (including phenoxy) is 2. The molecule has 0 saturated carbocycles. The zero-order valence-electron chi connectivity index (χ0n) is 8.10. The van der Waals surface area contributed by atoms with Gasteiger partial charge in [0.1, 0.15) is 23.7 Å². The maximum atomic E-state index is 11.5. The lowest BCUT2D eigenvalue weighted by Gasteiger charge is -2.00. The van der Waals surface area contributed by atoms with Crippen LogP contribution in [0.5, 0.6) is 0 Å². The number of carbonyl (C=O) groups is 2. The van der Waals surface area contributed by atoms with E-state index in [4.69, 9.17) is 0 Å². The Hall–Kier alpha value is -2.11. The molecule has 1 heterocycles. The predicted molar refractivity (Wildman–Crippen MR) is 47.7 cm³/mol. The topological polar surface area (TPSA) is 82.8 Å². The van der Waals surface area contributed by atoms with Gasteiger partial charge in [0.2, 0.25) is 5.43 Å². The third kappa shape index (κ3) is 2.04. The molecule has 15 heavy (non-hydrogen) atoms. The van der Waals surface area contributed by atoms with Gasteiger partial charge in [0, 0.05) is 0 Å². The molecule has 0 N–H and O–H groups in total. The molecule has 1 aromatic rings.